The normalized spacial score (nSPS) is 12.8. The molecule has 0 bridgehead atoms. The Morgan fingerprint density at radius 3 is 3.00 bits per heavy atom. The Bertz CT molecular complexity index is 300. The third-order valence-electron chi connectivity index (χ3n) is 1.57. The minimum Gasteiger partial charge on any atom is -0.480 e. The van der Waals surface area contributed by atoms with Crippen molar-refractivity contribution in [3.63, 3.8) is 0 Å². The molecular formula is C7H10IN3O2. The van der Waals surface area contributed by atoms with Crippen molar-refractivity contribution >= 4 is 28.6 Å². The molecule has 5 nitrogen and oxygen atoms in total. The third kappa shape index (κ3) is 2.96. The molecule has 0 aliphatic rings. The summed E-state index contributed by atoms with van der Waals surface area (Å²) in [5.74, 6) is -0.996. The van der Waals surface area contributed by atoms with E-state index in [0.29, 0.717) is 5.69 Å². The van der Waals surface area contributed by atoms with Gasteiger partial charge in [0, 0.05) is 12.6 Å². The zero-order valence-corrected chi connectivity index (χ0v) is 9.01. The van der Waals surface area contributed by atoms with E-state index in [-0.39, 0.29) is 6.42 Å². The van der Waals surface area contributed by atoms with Gasteiger partial charge in [0.2, 0.25) is 0 Å². The first-order valence-corrected chi connectivity index (χ1v) is 5.21. The van der Waals surface area contributed by atoms with Crippen molar-refractivity contribution in [2.45, 2.75) is 17.0 Å². The zero-order chi connectivity index (χ0) is 9.84. The number of aliphatic carboxylic acids is 1. The topological polar surface area (TPSA) is 81.1 Å². The molecule has 1 aromatic rings. The highest BCUT2D eigenvalue weighted by molar-refractivity contribution is 14.1. The Balaban J connectivity index is 2.58. The summed E-state index contributed by atoms with van der Waals surface area (Å²) in [6.07, 6.45) is 3.74. The van der Waals surface area contributed by atoms with E-state index in [9.17, 15) is 4.79 Å². The van der Waals surface area contributed by atoms with Crippen LogP contribution in [0.4, 0.5) is 0 Å². The Morgan fingerprint density at radius 1 is 1.85 bits per heavy atom. The van der Waals surface area contributed by atoms with Crippen LogP contribution < -0.4 is 5.73 Å². The van der Waals surface area contributed by atoms with E-state index in [2.05, 4.69) is 27.6 Å². The van der Waals surface area contributed by atoms with Crippen molar-refractivity contribution in [3.8, 4) is 0 Å². The van der Waals surface area contributed by atoms with Gasteiger partial charge in [-0.3, -0.25) is 4.79 Å². The molecule has 1 unspecified atom stereocenters. The molecular weight excluding hydrogens is 285 g/mol. The van der Waals surface area contributed by atoms with E-state index in [1.54, 1.807) is 12.5 Å². The van der Waals surface area contributed by atoms with E-state index in [1.807, 2.05) is 4.57 Å². The number of imidazole rings is 1. The van der Waals surface area contributed by atoms with Gasteiger partial charge in [-0.1, -0.05) is 22.6 Å². The van der Waals surface area contributed by atoms with Gasteiger partial charge in [0.15, 0.2) is 0 Å². The number of hydrogen-bond acceptors (Lipinski definition) is 3. The van der Waals surface area contributed by atoms with Gasteiger partial charge in [0.25, 0.3) is 0 Å². The molecule has 1 aromatic heterocycles. The molecule has 0 aliphatic carbocycles. The average molecular weight is 295 g/mol. The first kappa shape index (κ1) is 10.5. The molecule has 0 amide bonds. The maximum Gasteiger partial charge on any atom is 0.320 e. The standard InChI is InChI=1S/C7H10IN3O2/c8-3-11-2-5(10-4-11)1-6(9)7(12)13/h2,4,6H,1,3,9H2,(H,12,13). The Kier molecular flexibility index (Phi) is 3.67. The smallest absolute Gasteiger partial charge is 0.320 e. The van der Waals surface area contributed by atoms with Crippen LogP contribution in [0.5, 0.6) is 0 Å². The SMILES string of the molecule is NC(Cc1cn(CI)cn1)C(=O)O. The number of carboxylic acid groups (broad SMARTS) is 1. The van der Waals surface area contributed by atoms with Gasteiger partial charge in [0.05, 0.1) is 16.6 Å². The molecule has 0 aliphatic heterocycles. The van der Waals surface area contributed by atoms with Crippen molar-refractivity contribution in [1.82, 2.24) is 9.55 Å². The Labute approximate surface area is 89.1 Å². The van der Waals surface area contributed by atoms with Crippen LogP contribution in [0.3, 0.4) is 0 Å². The molecule has 6 heteroatoms. The fourth-order valence-electron chi connectivity index (χ4n) is 0.890. The van der Waals surface area contributed by atoms with Gasteiger partial charge >= 0.3 is 5.97 Å². The third-order valence-corrected chi connectivity index (χ3v) is 2.36. The summed E-state index contributed by atoms with van der Waals surface area (Å²) in [6.45, 7) is 0. The van der Waals surface area contributed by atoms with Crippen LogP contribution in [0.1, 0.15) is 5.69 Å². The summed E-state index contributed by atoms with van der Waals surface area (Å²) in [6, 6.07) is -0.863. The van der Waals surface area contributed by atoms with Crippen LogP contribution in [-0.2, 0) is 15.8 Å². The summed E-state index contributed by atoms with van der Waals surface area (Å²) in [4.78, 5) is 14.4. The number of nitrogens with two attached hydrogens (primary N) is 1. The summed E-state index contributed by atoms with van der Waals surface area (Å²) < 4.78 is 2.66. The molecule has 0 fully saturated rings. The highest BCUT2D eigenvalue weighted by atomic mass is 127. The lowest BCUT2D eigenvalue weighted by atomic mass is 10.2. The fourth-order valence-corrected chi connectivity index (χ4v) is 1.26. The van der Waals surface area contributed by atoms with E-state index in [4.69, 9.17) is 10.8 Å². The predicted molar refractivity (Wildman–Crippen MR) is 55.6 cm³/mol. The lowest BCUT2D eigenvalue weighted by Gasteiger charge is -2.01. The van der Waals surface area contributed by atoms with Crippen molar-refractivity contribution in [3.05, 3.63) is 18.2 Å². The fraction of sp³-hybridized carbons (Fsp3) is 0.429. The number of carbonyl (C=O) groups is 1. The van der Waals surface area contributed by atoms with Crippen LogP contribution in [0.25, 0.3) is 0 Å². The second-order valence-electron chi connectivity index (χ2n) is 2.65. The molecule has 0 saturated heterocycles. The summed E-state index contributed by atoms with van der Waals surface area (Å²) >= 11 is 2.19. The van der Waals surface area contributed by atoms with E-state index < -0.39 is 12.0 Å². The quantitative estimate of drug-likeness (QED) is 0.615. The highest BCUT2D eigenvalue weighted by Gasteiger charge is 2.13. The molecule has 1 heterocycles. The number of alkyl halides is 1. The number of halogens is 1. The molecule has 13 heavy (non-hydrogen) atoms. The van der Waals surface area contributed by atoms with E-state index in [0.717, 1.165) is 4.55 Å². The van der Waals surface area contributed by atoms with Gasteiger partial charge in [-0.05, 0) is 0 Å². The van der Waals surface area contributed by atoms with Crippen LogP contribution in [0.15, 0.2) is 12.5 Å². The number of rotatable bonds is 4. The van der Waals surface area contributed by atoms with Crippen molar-refractivity contribution < 1.29 is 9.90 Å². The van der Waals surface area contributed by atoms with Crippen molar-refractivity contribution in [1.29, 1.82) is 0 Å². The molecule has 0 radical (unpaired) electrons. The van der Waals surface area contributed by atoms with Gasteiger partial charge in [-0.25, -0.2) is 4.98 Å². The Hall–Kier alpha value is -0.630. The van der Waals surface area contributed by atoms with Crippen LogP contribution in [0.2, 0.25) is 0 Å². The van der Waals surface area contributed by atoms with Crippen LogP contribution >= 0.6 is 22.6 Å². The highest BCUT2D eigenvalue weighted by Crippen LogP contribution is 2.01. The largest absolute Gasteiger partial charge is 0.480 e. The number of hydrogen-bond donors (Lipinski definition) is 2. The van der Waals surface area contributed by atoms with Gasteiger partial charge in [-0.15, -0.1) is 0 Å². The predicted octanol–water partition coefficient (Wildman–Crippen LogP) is 0.230. The molecule has 1 atom stereocenters. The Morgan fingerprint density at radius 2 is 2.54 bits per heavy atom. The maximum absolute atomic E-state index is 10.4. The second kappa shape index (κ2) is 4.56. The lowest BCUT2D eigenvalue weighted by molar-refractivity contribution is -0.138. The summed E-state index contributed by atoms with van der Waals surface area (Å²) in [5, 5.41) is 8.55. The number of carboxylic acids is 1. The molecule has 72 valence electrons. The lowest BCUT2D eigenvalue weighted by Crippen LogP contribution is -2.32. The monoisotopic (exact) mass is 295 g/mol. The first-order chi connectivity index (χ1) is 6.13. The maximum atomic E-state index is 10.4. The second-order valence-corrected chi connectivity index (χ2v) is 3.33. The van der Waals surface area contributed by atoms with Crippen LogP contribution in [-0.4, -0.2) is 26.7 Å². The summed E-state index contributed by atoms with van der Waals surface area (Å²) in [7, 11) is 0. The molecule has 0 saturated carbocycles. The minimum absolute atomic E-state index is 0.277. The first-order valence-electron chi connectivity index (χ1n) is 3.68. The zero-order valence-electron chi connectivity index (χ0n) is 6.85. The summed E-state index contributed by atoms with van der Waals surface area (Å²) in [5.41, 5.74) is 6.06. The van der Waals surface area contributed by atoms with Gasteiger partial charge in [0.1, 0.15) is 6.04 Å². The molecule has 3 N–H and O–H groups in total. The average Bonchev–Trinajstić information content (AvgIpc) is 2.52. The van der Waals surface area contributed by atoms with Crippen molar-refractivity contribution in [2.75, 3.05) is 0 Å². The van der Waals surface area contributed by atoms with E-state index in [1.165, 1.54) is 0 Å². The minimum atomic E-state index is -0.996. The molecule has 0 spiro atoms. The van der Waals surface area contributed by atoms with E-state index >= 15 is 0 Å². The number of aromatic nitrogens is 2. The van der Waals surface area contributed by atoms with Crippen LogP contribution in [0, 0.1) is 0 Å². The van der Waals surface area contributed by atoms with Gasteiger partial charge < -0.3 is 15.4 Å². The molecule has 1 rings (SSSR count). The van der Waals surface area contributed by atoms with Crippen molar-refractivity contribution in [2.24, 2.45) is 5.73 Å². The molecule has 0 aromatic carbocycles. The number of nitrogens with zero attached hydrogens (tertiary/aromatic N) is 2. The van der Waals surface area contributed by atoms with Gasteiger partial charge in [-0.2, -0.15) is 0 Å².